The molecule has 0 amide bonds. The standard InChI is InChI=1S/2C27H25N2O2.C15H14N2O2.C12H11Br.C11H6N2O2.C4H9Br.2BrH/c2*1-2-3-16-28-18-29(17-15-20-11-8-10-19-9-4-5-12-21(19)20)25-24(28)26(30)22-13-6-7-14-23(22)27(25)31;1-2-3-8-17-9-16-12-13(17)15(19)11-7-5-4-6-10(11)14(12)18;13-9-8-11-6-3-5-10-4-1-2-7-12(10)11;14-10-6-3-1-2-4-7(6)11(15)9-8(10)12-5-13-9;1-2-3-4-5;;/h2*4-14,18H,2-3,15-17H2,1H3;4-7,9H,2-3,8H2,1H3;1-7H,8-9H2;1-5H,(H,12,13);2-4H2,1H3;2*1H/q2*+1;;;;;;/p-2. The van der Waals surface area contributed by atoms with E-state index < -0.39 is 0 Å². The van der Waals surface area contributed by atoms with E-state index in [1.54, 1.807) is 83.7 Å². The molecule has 4 aliphatic carbocycles. The number of nitrogens with one attached hydrogen (secondary N) is 1. The van der Waals surface area contributed by atoms with Gasteiger partial charge in [-0.05, 0) is 81.1 Å². The average Bonchev–Trinajstić information content (AvgIpc) is 1.57. The normalized spacial score (nSPS) is 12.3. The Bertz CT molecular complexity index is 5700. The SMILES string of the molecule is BrCCc1cccc2ccccc12.CCCCBr.CCCC[n+]1cn(CCc2cccc3ccccc23)c2c1C(=O)c1ccccc1C2=O.CCCC[n+]1cn(CCc2cccc3ccccc23)c2c1C(=O)c1ccccc1C2=O.CCCCn1cnc2c1C(=O)c1ccccc1C2=O.O=C1c2ccccc2C(=O)c2[nH]cnc21.[Br-].[Br-]. The molecule has 4 aliphatic rings. The van der Waals surface area contributed by atoms with Gasteiger partial charge in [0.1, 0.15) is 22.8 Å². The number of halogens is 4. The fourth-order valence-corrected chi connectivity index (χ4v) is 16.1. The van der Waals surface area contributed by atoms with Crippen molar-refractivity contribution in [3.63, 3.8) is 0 Å². The number of hydrogen-bond acceptors (Lipinski definition) is 10. The lowest BCUT2D eigenvalue weighted by Crippen LogP contribution is -3.00. The Morgan fingerprint density at radius 2 is 0.672 bits per heavy atom. The number of imidazole rings is 4. The number of aromatic amines is 1. The maximum Gasteiger partial charge on any atom is 0.244 e. The fourth-order valence-electron chi connectivity index (χ4n) is 15.1. The molecule has 10 aromatic carbocycles. The minimum Gasteiger partial charge on any atom is -1.00 e. The van der Waals surface area contributed by atoms with Crippen LogP contribution in [0.15, 0.2) is 250 Å². The van der Waals surface area contributed by atoms with E-state index in [2.05, 4.69) is 190 Å². The summed E-state index contributed by atoms with van der Waals surface area (Å²) < 4.78 is 9.75. The Kier molecular flexibility index (Phi) is 30.1. The summed E-state index contributed by atoms with van der Waals surface area (Å²) in [6.45, 7) is 12.0. The second-order valence-electron chi connectivity index (χ2n) is 28.4. The summed E-state index contributed by atoms with van der Waals surface area (Å²) in [5, 5.41) is 9.80. The minimum atomic E-state index is -0.193. The average molecular weight is 1800 g/mol. The molecule has 0 atom stereocenters. The number of rotatable bonds is 19. The number of carbonyl (C=O) groups excluding carboxylic acids is 8. The number of fused-ring (bicyclic) bond motifs is 11. The fraction of sp³-hybridized carbons (Fsp3) is 0.229. The monoisotopic (exact) mass is 1800 g/mol. The van der Waals surface area contributed by atoms with E-state index in [1.165, 1.54) is 68.2 Å². The molecule has 0 spiro atoms. The molecule has 4 heterocycles. The van der Waals surface area contributed by atoms with Crippen LogP contribution in [-0.2, 0) is 52.0 Å². The molecule has 20 heteroatoms. The number of hydrogen-bond donors (Lipinski definition) is 1. The third kappa shape index (κ3) is 18.3. The highest BCUT2D eigenvalue weighted by Crippen LogP contribution is 2.32. The van der Waals surface area contributed by atoms with E-state index in [4.69, 9.17) is 0 Å². The van der Waals surface area contributed by atoms with Gasteiger partial charge < -0.3 is 43.5 Å². The van der Waals surface area contributed by atoms with Crippen LogP contribution < -0.4 is 43.1 Å². The molecule has 0 aliphatic heterocycles. The summed E-state index contributed by atoms with van der Waals surface area (Å²) in [4.78, 5) is 113. The number of aryl methyl sites for hydroxylation is 8. The lowest BCUT2D eigenvalue weighted by molar-refractivity contribution is -0.698. The summed E-state index contributed by atoms with van der Waals surface area (Å²) in [7, 11) is 0. The molecule has 116 heavy (non-hydrogen) atoms. The predicted molar refractivity (Wildman–Crippen MR) is 453 cm³/mol. The van der Waals surface area contributed by atoms with Crippen molar-refractivity contribution in [1.29, 1.82) is 0 Å². The summed E-state index contributed by atoms with van der Waals surface area (Å²) >= 11 is 6.78. The Labute approximate surface area is 713 Å². The molecular weight excluding hydrogens is 1710 g/mol. The first-order valence-electron chi connectivity index (χ1n) is 39.3. The van der Waals surface area contributed by atoms with E-state index >= 15 is 0 Å². The molecule has 0 saturated carbocycles. The second kappa shape index (κ2) is 40.6. The van der Waals surface area contributed by atoms with Crippen LogP contribution in [0.2, 0.25) is 0 Å². The minimum absolute atomic E-state index is 0. The second-order valence-corrected chi connectivity index (χ2v) is 30.0. The zero-order valence-electron chi connectivity index (χ0n) is 65.3. The zero-order valence-corrected chi connectivity index (χ0v) is 71.7. The van der Waals surface area contributed by atoms with Crippen molar-refractivity contribution >= 4 is 110 Å². The lowest BCUT2D eigenvalue weighted by atomic mass is 9.90. The molecule has 0 radical (unpaired) electrons. The van der Waals surface area contributed by atoms with Crippen molar-refractivity contribution in [2.75, 3.05) is 10.7 Å². The Balaban J connectivity index is 0.000000145. The number of ketones is 8. The van der Waals surface area contributed by atoms with Crippen LogP contribution in [0.3, 0.4) is 0 Å². The number of alkyl halides is 2. The van der Waals surface area contributed by atoms with Gasteiger partial charge in [-0.2, -0.15) is 0 Å². The number of aromatic nitrogens is 8. The summed E-state index contributed by atoms with van der Waals surface area (Å²) in [5.74, 6) is -0.828. The molecule has 0 fully saturated rings. The van der Waals surface area contributed by atoms with E-state index in [0.29, 0.717) is 97.5 Å². The van der Waals surface area contributed by atoms with Gasteiger partial charge in [0.05, 0.1) is 38.8 Å². The Morgan fingerprint density at radius 1 is 0.328 bits per heavy atom. The van der Waals surface area contributed by atoms with Gasteiger partial charge in [-0.15, -0.1) is 0 Å². The van der Waals surface area contributed by atoms with Gasteiger partial charge in [0.2, 0.25) is 81.7 Å². The van der Waals surface area contributed by atoms with Gasteiger partial charge in [0.25, 0.3) is 0 Å². The topological polar surface area (TPSA) is 201 Å². The molecule has 16 nitrogen and oxygen atoms in total. The van der Waals surface area contributed by atoms with Crippen molar-refractivity contribution in [1.82, 2.24) is 28.7 Å². The molecule has 0 unspecified atom stereocenters. The van der Waals surface area contributed by atoms with Gasteiger partial charge in [-0.1, -0.05) is 310 Å². The quantitative estimate of drug-likeness (QED) is 0.0600. The van der Waals surface area contributed by atoms with Gasteiger partial charge in [0, 0.05) is 74.6 Å². The van der Waals surface area contributed by atoms with Crippen molar-refractivity contribution in [3.8, 4) is 0 Å². The molecule has 590 valence electrons. The van der Waals surface area contributed by atoms with Gasteiger partial charge in [-0.25, -0.2) is 28.2 Å². The Hall–Kier alpha value is -10.9. The van der Waals surface area contributed by atoms with E-state index in [1.807, 2.05) is 67.3 Å². The maximum atomic E-state index is 13.4. The van der Waals surface area contributed by atoms with Crippen LogP contribution in [0.25, 0.3) is 32.3 Å². The molecule has 0 saturated heterocycles. The third-order valence-corrected chi connectivity index (χ3v) is 22.0. The van der Waals surface area contributed by atoms with Crippen molar-refractivity contribution in [3.05, 3.63) is 357 Å². The highest BCUT2D eigenvalue weighted by atomic mass is 79.9. The molecule has 4 aromatic heterocycles. The largest absolute Gasteiger partial charge is 1.00 e. The van der Waals surface area contributed by atoms with Crippen LogP contribution in [0.4, 0.5) is 0 Å². The van der Waals surface area contributed by atoms with Gasteiger partial charge >= 0.3 is 0 Å². The highest BCUT2D eigenvalue weighted by Gasteiger charge is 2.43. The summed E-state index contributed by atoms with van der Waals surface area (Å²) in [5.41, 5.74) is 11.1. The number of nitrogens with zero attached hydrogens (tertiary/aromatic N) is 7. The van der Waals surface area contributed by atoms with E-state index in [0.717, 1.165) is 88.1 Å². The summed E-state index contributed by atoms with van der Waals surface area (Å²) in [6, 6.07) is 72.5. The van der Waals surface area contributed by atoms with Crippen LogP contribution in [0.5, 0.6) is 0 Å². The van der Waals surface area contributed by atoms with Gasteiger partial charge in [0.15, 0.2) is 0 Å². The predicted octanol–water partition coefficient (Wildman–Crippen LogP) is 13.1. The number of carbonyl (C=O) groups is 8. The maximum absolute atomic E-state index is 13.4. The van der Waals surface area contributed by atoms with Crippen LogP contribution in [0.1, 0.15) is 224 Å². The Morgan fingerprint density at radius 3 is 1.06 bits per heavy atom. The van der Waals surface area contributed by atoms with Crippen LogP contribution in [-0.4, -0.2) is 85.6 Å². The number of unbranched alkanes of at least 4 members (excludes halogenated alkanes) is 4. The number of benzene rings is 10. The molecule has 18 rings (SSSR count). The van der Waals surface area contributed by atoms with Gasteiger partial charge in [-0.3, -0.25) is 38.4 Å². The van der Waals surface area contributed by atoms with Crippen LogP contribution >= 0.6 is 31.9 Å². The van der Waals surface area contributed by atoms with Crippen molar-refractivity contribution in [2.24, 2.45) is 0 Å². The van der Waals surface area contributed by atoms with E-state index in [-0.39, 0.29) is 85.9 Å². The molecular formula is C96H90Br4N8O8. The highest BCUT2D eigenvalue weighted by molar-refractivity contribution is 9.09. The molecule has 14 aromatic rings. The molecule has 1 N–H and O–H groups in total. The zero-order chi connectivity index (χ0) is 79.8. The lowest BCUT2D eigenvalue weighted by Gasteiger charge is -2.15. The first-order chi connectivity index (χ1) is 55.7. The first-order valence-corrected chi connectivity index (χ1v) is 41.6. The van der Waals surface area contributed by atoms with Crippen molar-refractivity contribution < 1.29 is 81.5 Å². The van der Waals surface area contributed by atoms with Crippen LogP contribution in [0, 0.1) is 0 Å². The smallest absolute Gasteiger partial charge is 0.244 e. The number of H-pyrrole nitrogens is 1. The van der Waals surface area contributed by atoms with Crippen molar-refractivity contribution in [2.45, 2.75) is 131 Å². The first kappa shape index (κ1) is 86.0. The third-order valence-electron chi connectivity index (χ3n) is 21.0. The summed E-state index contributed by atoms with van der Waals surface area (Å²) in [6.07, 6.45) is 18.2. The van der Waals surface area contributed by atoms with E-state index in [9.17, 15) is 38.4 Å². The molecule has 0 bridgehead atoms.